The number of anilines is 1. The highest BCUT2D eigenvalue weighted by atomic mass is 79.9. The number of nitrogen functional groups attached to an aromatic ring is 1. The van der Waals surface area contributed by atoms with Crippen molar-refractivity contribution in [2.24, 2.45) is 0 Å². The van der Waals surface area contributed by atoms with Crippen LogP contribution in [0.25, 0.3) is 0 Å². The molecule has 1 saturated heterocycles. The van der Waals surface area contributed by atoms with Crippen LogP contribution in [0.15, 0.2) is 26.0 Å². The summed E-state index contributed by atoms with van der Waals surface area (Å²) in [4.78, 5) is -0.0440. The minimum Gasteiger partial charge on any atom is -0.398 e. The zero-order valence-electron chi connectivity index (χ0n) is 11.1. The number of nitrogens with zero attached hydrogens (tertiary/aromatic N) is 1. The molecule has 0 bridgehead atoms. The van der Waals surface area contributed by atoms with Crippen molar-refractivity contribution < 1.29 is 16.8 Å². The van der Waals surface area contributed by atoms with E-state index in [2.05, 4.69) is 31.9 Å². The van der Waals surface area contributed by atoms with Crippen molar-refractivity contribution in [2.45, 2.75) is 17.4 Å². The van der Waals surface area contributed by atoms with Gasteiger partial charge in [0.05, 0.1) is 17.2 Å². The van der Waals surface area contributed by atoms with Gasteiger partial charge in [0, 0.05) is 22.0 Å². The predicted molar refractivity (Wildman–Crippen MR) is 88.3 cm³/mol. The Kier molecular flexibility index (Phi) is 4.75. The molecular formula is C11H14Br2N2O4S2. The average Bonchev–Trinajstić information content (AvgIpc) is 2.66. The van der Waals surface area contributed by atoms with Gasteiger partial charge in [0.25, 0.3) is 0 Å². The monoisotopic (exact) mass is 460 g/mol. The lowest BCUT2D eigenvalue weighted by atomic mass is 10.3. The molecule has 0 aliphatic carbocycles. The Morgan fingerprint density at radius 2 is 1.95 bits per heavy atom. The SMILES string of the molecule is CN(C1CCS(=O)(=O)C1)S(=O)(=O)c1c(N)cc(Br)cc1Br. The molecule has 0 saturated carbocycles. The topological polar surface area (TPSA) is 97.5 Å². The third-order valence-corrected chi connectivity index (χ3v) is 8.52. The van der Waals surface area contributed by atoms with Gasteiger partial charge < -0.3 is 5.73 Å². The minimum absolute atomic E-state index is 0.00845. The standard InChI is InChI=1S/C11H14Br2N2O4S2/c1-15(8-2-3-20(16,17)6-8)21(18,19)11-9(13)4-7(12)5-10(11)14/h4-5,8H,2-3,6,14H2,1H3. The summed E-state index contributed by atoms with van der Waals surface area (Å²) in [6.45, 7) is 0. The van der Waals surface area contributed by atoms with E-state index in [0.717, 1.165) is 4.31 Å². The lowest BCUT2D eigenvalue weighted by Crippen LogP contribution is -2.38. The molecule has 0 aromatic heterocycles. The zero-order chi connectivity index (χ0) is 16.0. The van der Waals surface area contributed by atoms with Crippen LogP contribution in [0.5, 0.6) is 0 Å². The van der Waals surface area contributed by atoms with Gasteiger partial charge in [0.2, 0.25) is 10.0 Å². The van der Waals surface area contributed by atoms with E-state index in [1.165, 1.54) is 13.1 Å². The molecule has 0 amide bonds. The fraction of sp³-hybridized carbons (Fsp3) is 0.455. The summed E-state index contributed by atoms with van der Waals surface area (Å²) in [6.07, 6.45) is 0.298. The Bertz CT molecular complexity index is 754. The molecule has 6 nitrogen and oxygen atoms in total. The van der Waals surface area contributed by atoms with E-state index in [-0.39, 0.29) is 22.1 Å². The highest BCUT2D eigenvalue weighted by Crippen LogP contribution is 2.34. The van der Waals surface area contributed by atoms with Crippen LogP contribution >= 0.6 is 31.9 Å². The highest BCUT2D eigenvalue weighted by molar-refractivity contribution is 9.11. The maximum Gasteiger partial charge on any atom is 0.246 e. The number of halogens is 2. The van der Waals surface area contributed by atoms with E-state index in [0.29, 0.717) is 15.4 Å². The fourth-order valence-corrected chi connectivity index (χ4v) is 7.52. The quantitative estimate of drug-likeness (QED) is 0.689. The summed E-state index contributed by atoms with van der Waals surface area (Å²) >= 11 is 6.43. The van der Waals surface area contributed by atoms with Crippen molar-refractivity contribution in [3.8, 4) is 0 Å². The van der Waals surface area contributed by atoms with Crippen molar-refractivity contribution in [3.63, 3.8) is 0 Å². The first-order chi connectivity index (χ1) is 9.54. The number of sulfone groups is 1. The molecule has 2 rings (SSSR count). The molecule has 1 aliphatic heterocycles. The minimum atomic E-state index is -3.87. The number of rotatable bonds is 3. The number of nitrogens with two attached hydrogens (primary N) is 1. The summed E-state index contributed by atoms with van der Waals surface area (Å²) in [6, 6.07) is 2.52. The number of benzene rings is 1. The molecule has 1 aliphatic rings. The van der Waals surface area contributed by atoms with E-state index >= 15 is 0 Å². The van der Waals surface area contributed by atoms with Gasteiger partial charge in [-0.1, -0.05) is 15.9 Å². The van der Waals surface area contributed by atoms with Crippen molar-refractivity contribution >= 4 is 57.4 Å². The Morgan fingerprint density at radius 3 is 2.43 bits per heavy atom. The molecule has 0 spiro atoms. The molecule has 0 radical (unpaired) electrons. The Balaban J connectivity index is 2.44. The first kappa shape index (κ1) is 17.2. The van der Waals surface area contributed by atoms with E-state index in [4.69, 9.17) is 5.73 Å². The van der Waals surface area contributed by atoms with Crippen molar-refractivity contribution in [3.05, 3.63) is 21.1 Å². The molecule has 118 valence electrons. The van der Waals surface area contributed by atoms with Crippen LogP contribution in [0.3, 0.4) is 0 Å². The summed E-state index contributed by atoms with van der Waals surface area (Å²) in [7, 11) is -5.66. The second kappa shape index (κ2) is 5.80. The van der Waals surface area contributed by atoms with Gasteiger partial charge in [-0.25, -0.2) is 16.8 Å². The molecule has 1 heterocycles. The van der Waals surface area contributed by atoms with Crippen molar-refractivity contribution in [1.29, 1.82) is 0 Å². The van der Waals surface area contributed by atoms with Gasteiger partial charge in [-0.15, -0.1) is 0 Å². The highest BCUT2D eigenvalue weighted by Gasteiger charge is 2.37. The van der Waals surface area contributed by atoms with Crippen LogP contribution < -0.4 is 5.73 Å². The summed E-state index contributed by atoms with van der Waals surface area (Å²) in [5.41, 5.74) is 5.91. The van der Waals surface area contributed by atoms with E-state index in [9.17, 15) is 16.8 Å². The van der Waals surface area contributed by atoms with Crippen LogP contribution in [-0.4, -0.2) is 45.7 Å². The van der Waals surface area contributed by atoms with Crippen LogP contribution in [0.4, 0.5) is 5.69 Å². The number of hydrogen-bond acceptors (Lipinski definition) is 5. The average molecular weight is 462 g/mol. The number of sulfonamides is 1. The Morgan fingerprint density at radius 1 is 1.33 bits per heavy atom. The first-order valence-corrected chi connectivity index (χ1v) is 10.8. The Labute approximate surface area is 140 Å². The van der Waals surface area contributed by atoms with Gasteiger partial charge in [-0.3, -0.25) is 0 Å². The molecule has 10 heteroatoms. The van der Waals surface area contributed by atoms with Gasteiger partial charge >= 0.3 is 0 Å². The van der Waals surface area contributed by atoms with Crippen molar-refractivity contribution in [1.82, 2.24) is 4.31 Å². The van der Waals surface area contributed by atoms with E-state index in [1.54, 1.807) is 6.07 Å². The summed E-state index contributed by atoms with van der Waals surface area (Å²) < 4.78 is 50.5. The lowest BCUT2D eigenvalue weighted by molar-refractivity contribution is 0.394. The number of hydrogen-bond donors (Lipinski definition) is 1. The maximum absolute atomic E-state index is 12.7. The van der Waals surface area contributed by atoms with Gasteiger partial charge in [-0.05, 0) is 34.5 Å². The normalized spacial score (nSPS) is 21.8. The maximum atomic E-state index is 12.7. The summed E-state index contributed by atoms with van der Waals surface area (Å²) in [5, 5.41) is 0. The zero-order valence-corrected chi connectivity index (χ0v) is 15.9. The molecule has 1 aromatic rings. The predicted octanol–water partition coefficient (Wildman–Crippen LogP) is 1.60. The smallest absolute Gasteiger partial charge is 0.246 e. The van der Waals surface area contributed by atoms with Crippen LogP contribution in [0.1, 0.15) is 6.42 Å². The fourth-order valence-electron chi connectivity index (χ4n) is 2.25. The largest absolute Gasteiger partial charge is 0.398 e. The molecule has 1 aromatic carbocycles. The molecule has 1 atom stereocenters. The van der Waals surface area contributed by atoms with E-state index in [1.807, 2.05) is 0 Å². The van der Waals surface area contributed by atoms with Gasteiger partial charge in [-0.2, -0.15) is 4.31 Å². The molecular weight excluding hydrogens is 448 g/mol. The van der Waals surface area contributed by atoms with Crippen LogP contribution in [0, 0.1) is 0 Å². The first-order valence-electron chi connectivity index (χ1n) is 5.97. The van der Waals surface area contributed by atoms with Gasteiger partial charge in [0.1, 0.15) is 4.90 Å². The lowest BCUT2D eigenvalue weighted by Gasteiger charge is -2.24. The molecule has 21 heavy (non-hydrogen) atoms. The van der Waals surface area contributed by atoms with Gasteiger partial charge in [0.15, 0.2) is 9.84 Å². The van der Waals surface area contributed by atoms with Crippen molar-refractivity contribution in [2.75, 3.05) is 24.3 Å². The molecule has 1 fully saturated rings. The van der Waals surface area contributed by atoms with E-state index < -0.39 is 25.9 Å². The molecule has 1 unspecified atom stereocenters. The second-order valence-corrected chi connectivity index (χ2v) is 10.8. The Hall–Kier alpha value is -0.160. The molecule has 2 N–H and O–H groups in total. The summed E-state index contributed by atoms with van der Waals surface area (Å²) in [5.74, 6) is -0.148. The second-order valence-electron chi connectivity index (χ2n) is 4.88. The third-order valence-electron chi connectivity index (χ3n) is 3.40. The van der Waals surface area contributed by atoms with Crippen LogP contribution in [-0.2, 0) is 19.9 Å². The van der Waals surface area contributed by atoms with Crippen LogP contribution in [0.2, 0.25) is 0 Å². The third kappa shape index (κ3) is 3.44.